The molecule has 2 atom stereocenters. The zero-order valence-electron chi connectivity index (χ0n) is 18.2. The summed E-state index contributed by atoms with van der Waals surface area (Å²) in [5, 5.41) is 11.1. The van der Waals surface area contributed by atoms with E-state index in [1.807, 2.05) is 13.8 Å². The summed E-state index contributed by atoms with van der Waals surface area (Å²) in [6.45, 7) is 12.9. The van der Waals surface area contributed by atoms with Crippen LogP contribution in [0.5, 0.6) is 0 Å². The van der Waals surface area contributed by atoms with Crippen LogP contribution in [0.1, 0.15) is 61.2 Å². The van der Waals surface area contributed by atoms with E-state index >= 15 is 0 Å². The molecule has 2 aromatic rings. The van der Waals surface area contributed by atoms with Crippen LogP contribution in [0.2, 0.25) is 0 Å². The van der Waals surface area contributed by atoms with E-state index in [1.165, 1.54) is 24.0 Å². The lowest BCUT2D eigenvalue weighted by molar-refractivity contribution is 0.245. The number of nitrogens with one attached hydrogen (secondary N) is 2. The molecule has 3 rings (SSSR count). The molecular weight excluding hydrogens is 362 g/mol. The lowest BCUT2D eigenvalue weighted by Gasteiger charge is -2.29. The average Bonchev–Trinajstić information content (AvgIpc) is 3.37. The molecule has 0 aliphatic carbocycles. The highest BCUT2D eigenvalue weighted by Crippen LogP contribution is 2.25. The molecule has 6 heteroatoms. The highest BCUT2D eigenvalue weighted by Gasteiger charge is 2.23. The summed E-state index contributed by atoms with van der Waals surface area (Å²) in [5.74, 6) is 2.02. The van der Waals surface area contributed by atoms with Crippen LogP contribution in [0.4, 0.5) is 0 Å². The fourth-order valence-corrected chi connectivity index (χ4v) is 4.23. The second-order valence-corrected chi connectivity index (χ2v) is 7.91. The van der Waals surface area contributed by atoms with Gasteiger partial charge in [0.05, 0.1) is 11.7 Å². The Hall–Kier alpha value is -2.34. The molecule has 0 bridgehead atoms. The van der Waals surface area contributed by atoms with E-state index in [9.17, 15) is 0 Å². The minimum atomic E-state index is 0.264. The van der Waals surface area contributed by atoms with Crippen LogP contribution >= 0.6 is 0 Å². The highest BCUT2D eigenvalue weighted by molar-refractivity contribution is 5.79. The molecule has 1 fully saturated rings. The summed E-state index contributed by atoms with van der Waals surface area (Å²) in [4.78, 5) is 7.43. The molecular formula is C23H35N5O. The number of aromatic nitrogens is 1. The third kappa shape index (κ3) is 5.60. The Morgan fingerprint density at radius 3 is 2.52 bits per heavy atom. The number of guanidine groups is 1. The number of nitrogens with zero attached hydrogens (tertiary/aromatic N) is 3. The Labute approximate surface area is 174 Å². The monoisotopic (exact) mass is 397 g/mol. The first-order valence-electron chi connectivity index (χ1n) is 10.8. The van der Waals surface area contributed by atoms with E-state index in [0.29, 0.717) is 12.6 Å². The topological polar surface area (TPSA) is 65.7 Å². The van der Waals surface area contributed by atoms with E-state index < -0.39 is 0 Å². The van der Waals surface area contributed by atoms with Gasteiger partial charge in [0.15, 0.2) is 5.96 Å². The number of benzene rings is 1. The normalized spacial score (nSPS) is 17.3. The standard InChI is InChI=1S/C23H35N5O/c1-5-24-23(25-15-17(2)22-18(3)27-29-19(22)4)26-16-21(28-13-9-10-14-28)20-11-7-6-8-12-20/h6-8,11-12,17,21H,5,9-10,13-16H2,1-4H3,(H2,24,25,26). The van der Waals surface area contributed by atoms with Crippen molar-refractivity contribution in [1.82, 2.24) is 20.7 Å². The first kappa shape index (κ1) is 21.4. The number of hydrogen-bond acceptors (Lipinski definition) is 4. The molecule has 2 heterocycles. The quantitative estimate of drug-likeness (QED) is 0.524. The predicted molar refractivity (Wildman–Crippen MR) is 118 cm³/mol. The molecule has 1 aromatic carbocycles. The van der Waals surface area contributed by atoms with E-state index in [2.05, 4.69) is 64.9 Å². The van der Waals surface area contributed by atoms with E-state index in [-0.39, 0.29) is 5.92 Å². The van der Waals surface area contributed by atoms with Gasteiger partial charge in [0.25, 0.3) is 0 Å². The van der Waals surface area contributed by atoms with Crippen LogP contribution < -0.4 is 10.6 Å². The zero-order valence-corrected chi connectivity index (χ0v) is 18.2. The predicted octanol–water partition coefficient (Wildman–Crippen LogP) is 3.79. The van der Waals surface area contributed by atoms with Crippen molar-refractivity contribution in [1.29, 1.82) is 0 Å². The first-order valence-corrected chi connectivity index (χ1v) is 10.8. The van der Waals surface area contributed by atoms with Crippen molar-refractivity contribution in [3.8, 4) is 0 Å². The van der Waals surface area contributed by atoms with Crippen molar-refractivity contribution in [2.75, 3.05) is 32.7 Å². The summed E-state index contributed by atoms with van der Waals surface area (Å²) in [6, 6.07) is 11.2. The summed E-state index contributed by atoms with van der Waals surface area (Å²) in [7, 11) is 0. The van der Waals surface area contributed by atoms with Crippen LogP contribution in [-0.2, 0) is 0 Å². The lowest BCUT2D eigenvalue weighted by atomic mass is 10.00. The third-order valence-electron chi connectivity index (χ3n) is 5.68. The Bertz CT molecular complexity index is 760. The highest BCUT2D eigenvalue weighted by atomic mass is 16.5. The van der Waals surface area contributed by atoms with Gasteiger partial charge >= 0.3 is 0 Å². The van der Waals surface area contributed by atoms with Gasteiger partial charge in [0, 0.05) is 31.1 Å². The van der Waals surface area contributed by atoms with Gasteiger partial charge in [-0.3, -0.25) is 9.89 Å². The SMILES string of the molecule is CCNC(=NCC(C)c1c(C)noc1C)NCC(c1ccccc1)N1CCCC1. The van der Waals surface area contributed by atoms with Crippen molar-refractivity contribution < 1.29 is 4.52 Å². The fourth-order valence-electron chi connectivity index (χ4n) is 4.23. The van der Waals surface area contributed by atoms with Crippen molar-refractivity contribution >= 4 is 5.96 Å². The Morgan fingerprint density at radius 2 is 1.90 bits per heavy atom. The van der Waals surface area contributed by atoms with Crippen molar-refractivity contribution in [2.24, 2.45) is 4.99 Å². The summed E-state index contributed by atoms with van der Waals surface area (Å²) in [5.41, 5.74) is 3.49. The number of aryl methyl sites for hydroxylation is 2. The summed E-state index contributed by atoms with van der Waals surface area (Å²) >= 11 is 0. The molecule has 2 N–H and O–H groups in total. The molecule has 0 radical (unpaired) electrons. The zero-order chi connectivity index (χ0) is 20.6. The number of hydrogen-bond donors (Lipinski definition) is 2. The lowest BCUT2D eigenvalue weighted by Crippen LogP contribution is -2.42. The van der Waals surface area contributed by atoms with Gasteiger partial charge < -0.3 is 15.2 Å². The number of rotatable bonds is 8. The molecule has 1 aromatic heterocycles. The van der Waals surface area contributed by atoms with Crippen molar-refractivity contribution in [2.45, 2.75) is 52.5 Å². The largest absolute Gasteiger partial charge is 0.361 e. The summed E-state index contributed by atoms with van der Waals surface area (Å²) < 4.78 is 5.32. The second kappa shape index (κ2) is 10.4. The molecule has 0 amide bonds. The number of likely N-dealkylation sites (tertiary alicyclic amines) is 1. The van der Waals surface area contributed by atoms with Gasteiger partial charge in [-0.15, -0.1) is 0 Å². The van der Waals surface area contributed by atoms with Gasteiger partial charge in [0.1, 0.15) is 5.76 Å². The molecule has 1 aliphatic rings. The minimum absolute atomic E-state index is 0.264. The van der Waals surface area contributed by atoms with Crippen LogP contribution in [0.15, 0.2) is 39.8 Å². The molecule has 0 saturated carbocycles. The molecule has 0 spiro atoms. The van der Waals surface area contributed by atoms with Gasteiger partial charge in [0.2, 0.25) is 0 Å². The van der Waals surface area contributed by atoms with E-state index in [1.54, 1.807) is 0 Å². The minimum Gasteiger partial charge on any atom is -0.361 e. The Kier molecular flexibility index (Phi) is 7.69. The second-order valence-electron chi connectivity index (χ2n) is 7.91. The molecule has 2 unspecified atom stereocenters. The van der Waals surface area contributed by atoms with E-state index in [0.717, 1.165) is 43.6 Å². The van der Waals surface area contributed by atoms with Crippen LogP contribution in [-0.4, -0.2) is 48.7 Å². The summed E-state index contributed by atoms with van der Waals surface area (Å²) in [6.07, 6.45) is 2.57. The third-order valence-corrected chi connectivity index (χ3v) is 5.68. The van der Waals surface area contributed by atoms with Crippen LogP contribution in [0.25, 0.3) is 0 Å². The van der Waals surface area contributed by atoms with Gasteiger partial charge in [-0.2, -0.15) is 0 Å². The first-order chi connectivity index (χ1) is 14.1. The average molecular weight is 398 g/mol. The number of aliphatic imine (C=N–C) groups is 1. The maximum absolute atomic E-state index is 5.32. The Morgan fingerprint density at radius 1 is 1.17 bits per heavy atom. The Balaban J connectivity index is 1.67. The van der Waals surface area contributed by atoms with Crippen LogP contribution in [0.3, 0.4) is 0 Å². The maximum atomic E-state index is 5.32. The smallest absolute Gasteiger partial charge is 0.191 e. The van der Waals surface area contributed by atoms with Gasteiger partial charge in [-0.25, -0.2) is 0 Å². The molecule has 6 nitrogen and oxygen atoms in total. The van der Waals surface area contributed by atoms with Crippen LogP contribution in [0, 0.1) is 13.8 Å². The van der Waals surface area contributed by atoms with Crippen molar-refractivity contribution in [3.05, 3.63) is 52.9 Å². The maximum Gasteiger partial charge on any atom is 0.191 e. The van der Waals surface area contributed by atoms with E-state index in [4.69, 9.17) is 9.52 Å². The molecule has 1 saturated heterocycles. The fraction of sp³-hybridized carbons (Fsp3) is 0.565. The van der Waals surface area contributed by atoms with Gasteiger partial charge in [-0.1, -0.05) is 42.4 Å². The molecule has 1 aliphatic heterocycles. The molecule has 29 heavy (non-hydrogen) atoms. The molecule has 158 valence electrons. The van der Waals surface area contributed by atoms with Gasteiger partial charge in [-0.05, 0) is 52.3 Å². The van der Waals surface area contributed by atoms with Crippen molar-refractivity contribution in [3.63, 3.8) is 0 Å².